The number of sulfonamides is 1. The van der Waals surface area contributed by atoms with Gasteiger partial charge >= 0.3 is 0 Å². The third-order valence-electron chi connectivity index (χ3n) is 7.93. The fourth-order valence-electron chi connectivity index (χ4n) is 5.68. The molecule has 4 atom stereocenters. The third-order valence-corrected chi connectivity index (χ3v) is 9.86. The van der Waals surface area contributed by atoms with Crippen LogP contribution in [0.2, 0.25) is 0 Å². The van der Waals surface area contributed by atoms with Crippen molar-refractivity contribution >= 4 is 21.6 Å². The largest absolute Gasteiger partial charge is 0.381 e. The molecule has 2 heterocycles. The maximum absolute atomic E-state index is 15.1. The summed E-state index contributed by atoms with van der Waals surface area (Å²) in [5.74, 6) is -2.19. The van der Waals surface area contributed by atoms with Gasteiger partial charge in [-0.1, -0.05) is 41.5 Å². The van der Waals surface area contributed by atoms with Crippen molar-refractivity contribution in [1.82, 2.24) is 4.31 Å². The molecule has 2 saturated heterocycles. The van der Waals surface area contributed by atoms with Crippen LogP contribution in [0.4, 0.5) is 14.5 Å². The first-order valence-corrected chi connectivity index (χ1v) is 15.3. The zero-order valence-corrected chi connectivity index (χ0v) is 23.6. The summed E-state index contributed by atoms with van der Waals surface area (Å²) in [6.07, 6.45) is 1.79. The second-order valence-corrected chi connectivity index (χ2v) is 12.4. The van der Waals surface area contributed by atoms with Crippen molar-refractivity contribution in [2.24, 2.45) is 11.0 Å². The number of hydrogen-bond acceptors (Lipinski definition) is 5. The van der Waals surface area contributed by atoms with E-state index in [1.807, 2.05) is 0 Å². The van der Waals surface area contributed by atoms with Crippen LogP contribution < -0.4 is 5.32 Å². The third kappa shape index (κ3) is 6.63. The molecule has 2 fully saturated rings. The van der Waals surface area contributed by atoms with E-state index in [0.717, 1.165) is 0 Å². The minimum Gasteiger partial charge on any atom is -0.381 e. The van der Waals surface area contributed by atoms with Crippen LogP contribution in [0.3, 0.4) is 0 Å². The van der Waals surface area contributed by atoms with E-state index in [2.05, 4.69) is 15.3 Å². The number of nitrogens with zero attached hydrogens (tertiary/aromatic N) is 4. The number of ether oxygens (including phenoxy) is 1. The molecule has 12 heteroatoms. The Morgan fingerprint density at radius 2 is 1.76 bits per heavy atom. The van der Waals surface area contributed by atoms with Crippen molar-refractivity contribution in [1.29, 1.82) is 0 Å². The predicted molar refractivity (Wildman–Crippen MR) is 153 cm³/mol. The average Bonchev–Trinajstić information content (AvgIpc) is 3.79. The van der Waals surface area contributed by atoms with Gasteiger partial charge in [0, 0.05) is 47.9 Å². The molecule has 0 bridgehead atoms. The van der Waals surface area contributed by atoms with Crippen molar-refractivity contribution in [3.05, 3.63) is 106 Å². The van der Waals surface area contributed by atoms with E-state index in [4.69, 9.17) is 4.74 Å². The van der Waals surface area contributed by atoms with Gasteiger partial charge in [0.2, 0.25) is 15.9 Å². The summed E-state index contributed by atoms with van der Waals surface area (Å²) in [6.45, 7) is 1.30. The lowest BCUT2D eigenvalue weighted by atomic mass is 9.76. The zero-order chi connectivity index (χ0) is 29.7. The molecular weight excluding hydrogens is 564 g/mol. The SMILES string of the molecule is [N-]=[N+]=N[C@H](C(=O)Nc1cccc(F)c1CCC1CN1S(=O)(=O)c1ccccc1)[C@@H](c1ccc(F)cc1)C1CCOCC1. The van der Waals surface area contributed by atoms with Crippen LogP contribution in [-0.4, -0.2) is 50.5 Å². The number of rotatable bonds is 11. The van der Waals surface area contributed by atoms with Crippen LogP contribution in [0.25, 0.3) is 10.4 Å². The van der Waals surface area contributed by atoms with Crippen LogP contribution >= 0.6 is 0 Å². The van der Waals surface area contributed by atoms with Crippen LogP contribution in [0.1, 0.15) is 36.3 Å². The fraction of sp³-hybridized carbons (Fsp3) is 0.367. The number of azide groups is 1. The second-order valence-electron chi connectivity index (χ2n) is 10.5. The van der Waals surface area contributed by atoms with Gasteiger partial charge in [0.1, 0.15) is 17.7 Å². The fourth-order valence-corrected chi connectivity index (χ4v) is 7.32. The minimum atomic E-state index is -3.63. The van der Waals surface area contributed by atoms with Crippen molar-refractivity contribution in [3.63, 3.8) is 0 Å². The van der Waals surface area contributed by atoms with E-state index in [9.17, 15) is 23.1 Å². The van der Waals surface area contributed by atoms with Gasteiger partial charge in [0.05, 0.1) is 4.90 Å². The summed E-state index contributed by atoms with van der Waals surface area (Å²) in [5.41, 5.74) is 10.5. The summed E-state index contributed by atoms with van der Waals surface area (Å²) in [4.78, 5) is 16.8. The van der Waals surface area contributed by atoms with Gasteiger partial charge in [-0.3, -0.25) is 4.79 Å². The first-order valence-electron chi connectivity index (χ1n) is 13.8. The van der Waals surface area contributed by atoms with Crippen LogP contribution in [-0.2, 0) is 26.0 Å². The van der Waals surface area contributed by atoms with Crippen molar-refractivity contribution in [2.75, 3.05) is 25.1 Å². The number of hydrogen-bond donors (Lipinski definition) is 1. The summed E-state index contributed by atoms with van der Waals surface area (Å²) in [5, 5.41) is 6.63. The molecule has 0 radical (unpaired) electrons. The molecule has 2 aliphatic rings. The first kappa shape index (κ1) is 29.7. The molecule has 220 valence electrons. The molecule has 0 saturated carbocycles. The van der Waals surface area contributed by atoms with E-state index in [1.165, 1.54) is 40.7 Å². The maximum atomic E-state index is 15.1. The summed E-state index contributed by atoms with van der Waals surface area (Å²) in [6, 6.07) is 16.7. The van der Waals surface area contributed by atoms with E-state index in [1.54, 1.807) is 36.4 Å². The topological polar surface area (TPSA) is 124 Å². The standard InChI is InChI=1S/C30H31F2N5O4S/c31-22-11-9-20(10-12-22)28(21-15-17-41-18-16-21)29(35-36-33)30(38)34-27-8-4-7-26(32)25(27)14-13-23-19-37(23)42(39,40)24-5-2-1-3-6-24/h1-12,21,23,28-29H,13-19H2,(H,34,38)/t23?,28-,29-,37?/m0/s1. The average molecular weight is 596 g/mol. The molecule has 2 aliphatic heterocycles. The van der Waals surface area contributed by atoms with E-state index >= 15 is 4.39 Å². The Labute approximate surface area is 243 Å². The molecule has 3 aromatic carbocycles. The van der Waals surface area contributed by atoms with Crippen LogP contribution in [0.15, 0.2) is 82.8 Å². The molecule has 2 unspecified atom stereocenters. The summed E-state index contributed by atoms with van der Waals surface area (Å²) >= 11 is 0. The van der Waals surface area contributed by atoms with E-state index in [0.29, 0.717) is 44.6 Å². The van der Waals surface area contributed by atoms with E-state index < -0.39 is 39.5 Å². The lowest BCUT2D eigenvalue weighted by Gasteiger charge is -2.34. The molecule has 5 rings (SSSR count). The van der Waals surface area contributed by atoms with Gasteiger partial charge < -0.3 is 10.1 Å². The highest BCUT2D eigenvalue weighted by Gasteiger charge is 2.44. The minimum absolute atomic E-state index is 0.0649. The predicted octanol–water partition coefficient (Wildman–Crippen LogP) is 5.80. The van der Waals surface area contributed by atoms with Gasteiger partial charge in [0.25, 0.3) is 0 Å². The van der Waals surface area contributed by atoms with Gasteiger partial charge in [-0.15, -0.1) is 0 Å². The molecule has 42 heavy (non-hydrogen) atoms. The molecule has 0 spiro atoms. The van der Waals surface area contributed by atoms with E-state index in [-0.39, 0.29) is 34.5 Å². The normalized spacial score (nSPS) is 20.2. The monoisotopic (exact) mass is 595 g/mol. The molecule has 0 aliphatic carbocycles. The Bertz CT molecular complexity index is 1560. The second kappa shape index (κ2) is 13.0. The van der Waals surface area contributed by atoms with Crippen molar-refractivity contribution in [2.45, 2.75) is 48.6 Å². The van der Waals surface area contributed by atoms with Gasteiger partial charge in [-0.2, -0.15) is 4.31 Å². The highest BCUT2D eigenvalue weighted by atomic mass is 32.2. The number of benzene rings is 3. The number of anilines is 1. The lowest BCUT2D eigenvalue weighted by molar-refractivity contribution is -0.118. The number of amides is 1. The Morgan fingerprint density at radius 1 is 1.05 bits per heavy atom. The van der Waals surface area contributed by atoms with Gasteiger partial charge in [0.15, 0.2) is 0 Å². The highest BCUT2D eigenvalue weighted by Crippen LogP contribution is 2.38. The lowest BCUT2D eigenvalue weighted by Crippen LogP contribution is -2.37. The van der Waals surface area contributed by atoms with Crippen LogP contribution in [0.5, 0.6) is 0 Å². The Kier molecular flexibility index (Phi) is 9.18. The Hall–Kier alpha value is -3.83. The number of carbonyl (C=O) groups excluding carboxylic acids is 1. The summed E-state index contributed by atoms with van der Waals surface area (Å²) < 4.78 is 61.4. The molecule has 9 nitrogen and oxygen atoms in total. The molecular formula is C30H31F2N5O4S. The molecule has 3 aromatic rings. The number of nitrogens with one attached hydrogen (secondary N) is 1. The first-order chi connectivity index (χ1) is 20.3. The Morgan fingerprint density at radius 3 is 2.45 bits per heavy atom. The Balaban J connectivity index is 1.34. The molecule has 1 N–H and O–H groups in total. The smallest absolute Gasteiger partial charge is 0.243 e. The molecule has 1 amide bonds. The van der Waals surface area contributed by atoms with Gasteiger partial charge in [-0.05, 0) is 79.1 Å². The van der Waals surface area contributed by atoms with Crippen LogP contribution in [0, 0.1) is 17.6 Å². The molecule has 0 aromatic heterocycles. The highest BCUT2D eigenvalue weighted by molar-refractivity contribution is 7.89. The quantitative estimate of drug-likeness (QED) is 0.130. The van der Waals surface area contributed by atoms with Crippen molar-refractivity contribution in [3.8, 4) is 0 Å². The van der Waals surface area contributed by atoms with Crippen molar-refractivity contribution < 1.29 is 26.7 Å². The number of halogens is 2. The number of carbonyl (C=O) groups is 1. The maximum Gasteiger partial charge on any atom is 0.243 e. The summed E-state index contributed by atoms with van der Waals surface area (Å²) in [7, 11) is -3.63. The van der Waals surface area contributed by atoms with Gasteiger partial charge in [-0.25, -0.2) is 17.2 Å². The zero-order valence-electron chi connectivity index (χ0n) is 22.8.